The summed E-state index contributed by atoms with van der Waals surface area (Å²) in [5, 5.41) is 0. The van der Waals surface area contributed by atoms with E-state index in [1.54, 1.807) is 26.4 Å². The number of aryl methyl sites for hydroxylation is 1. The molecule has 0 fully saturated rings. The van der Waals surface area contributed by atoms with Crippen molar-refractivity contribution in [2.45, 2.75) is 25.5 Å². The number of hydrogen-bond donors (Lipinski definition) is 0. The first-order valence-corrected chi connectivity index (χ1v) is 9.87. The first-order valence-electron chi connectivity index (χ1n) is 8.26. The molecule has 1 aliphatic heterocycles. The molecular weight excluding hydrogens is 338 g/mol. The highest BCUT2D eigenvalue weighted by molar-refractivity contribution is 7.92. The van der Waals surface area contributed by atoms with Crippen LogP contribution in [0, 0.1) is 6.92 Å². The van der Waals surface area contributed by atoms with Gasteiger partial charge in [-0.3, -0.25) is 4.31 Å². The quantitative estimate of drug-likeness (QED) is 0.820. The summed E-state index contributed by atoms with van der Waals surface area (Å²) >= 11 is 0. The number of ether oxygens (including phenoxy) is 2. The number of methoxy groups -OCH3 is 2. The number of rotatable bonds is 5. The lowest BCUT2D eigenvalue weighted by molar-refractivity contribution is 0.390. The monoisotopic (exact) mass is 361 g/mol. The van der Waals surface area contributed by atoms with E-state index in [-0.39, 0.29) is 5.75 Å². The van der Waals surface area contributed by atoms with Gasteiger partial charge in [0.2, 0.25) is 10.0 Å². The van der Waals surface area contributed by atoms with Gasteiger partial charge in [-0.15, -0.1) is 0 Å². The van der Waals surface area contributed by atoms with Crippen LogP contribution in [0.25, 0.3) is 0 Å². The predicted molar refractivity (Wildman–Crippen MR) is 99.0 cm³/mol. The SMILES string of the molecule is COc1cc(OC)c2c(c1)N(S(=O)(=O)Cc1ccccc1C)CCC2. The van der Waals surface area contributed by atoms with Crippen LogP contribution in [0.3, 0.4) is 0 Å². The third kappa shape index (κ3) is 3.44. The lowest BCUT2D eigenvalue weighted by atomic mass is 10.0. The molecule has 0 aliphatic carbocycles. The van der Waals surface area contributed by atoms with Crippen LogP contribution < -0.4 is 13.8 Å². The molecule has 5 nitrogen and oxygen atoms in total. The molecule has 0 aromatic heterocycles. The molecule has 0 unspecified atom stereocenters. The van der Waals surface area contributed by atoms with Gasteiger partial charge in [0, 0.05) is 24.2 Å². The van der Waals surface area contributed by atoms with Gasteiger partial charge in [-0.25, -0.2) is 8.42 Å². The van der Waals surface area contributed by atoms with E-state index >= 15 is 0 Å². The second kappa shape index (κ2) is 6.96. The molecule has 0 saturated heterocycles. The van der Waals surface area contributed by atoms with Crippen LogP contribution in [-0.4, -0.2) is 29.2 Å². The molecule has 134 valence electrons. The Bertz CT molecular complexity index is 877. The molecule has 2 aromatic carbocycles. The number of sulfonamides is 1. The van der Waals surface area contributed by atoms with Crippen LogP contribution in [0.5, 0.6) is 11.5 Å². The van der Waals surface area contributed by atoms with Gasteiger partial charge < -0.3 is 9.47 Å². The second-order valence-electron chi connectivity index (χ2n) is 6.19. The highest BCUT2D eigenvalue weighted by Gasteiger charge is 2.30. The fourth-order valence-electron chi connectivity index (χ4n) is 3.24. The fourth-order valence-corrected chi connectivity index (χ4v) is 4.98. The maximum absolute atomic E-state index is 13.1. The topological polar surface area (TPSA) is 55.8 Å². The second-order valence-corrected chi connectivity index (χ2v) is 8.08. The highest BCUT2D eigenvalue weighted by Crippen LogP contribution is 2.40. The third-order valence-electron chi connectivity index (χ3n) is 4.61. The zero-order chi connectivity index (χ0) is 18.0. The molecule has 1 aliphatic rings. The minimum atomic E-state index is -3.50. The number of hydrogen-bond acceptors (Lipinski definition) is 4. The van der Waals surface area contributed by atoms with E-state index in [0.717, 1.165) is 29.5 Å². The molecule has 0 N–H and O–H groups in total. The van der Waals surface area contributed by atoms with E-state index in [1.807, 2.05) is 31.2 Å². The minimum absolute atomic E-state index is 0.0152. The average Bonchev–Trinajstić information content (AvgIpc) is 2.61. The zero-order valence-electron chi connectivity index (χ0n) is 14.8. The molecule has 2 aromatic rings. The molecule has 3 rings (SSSR count). The number of nitrogens with zero attached hydrogens (tertiary/aromatic N) is 1. The van der Waals surface area contributed by atoms with Crippen LogP contribution in [0.2, 0.25) is 0 Å². The van der Waals surface area contributed by atoms with Crippen molar-refractivity contribution in [3.63, 3.8) is 0 Å². The van der Waals surface area contributed by atoms with Gasteiger partial charge >= 0.3 is 0 Å². The van der Waals surface area contributed by atoms with Crippen molar-refractivity contribution in [2.24, 2.45) is 0 Å². The standard InChI is InChI=1S/C19H23NO4S/c1-14-7-4-5-8-15(14)13-25(21,22)20-10-6-9-17-18(20)11-16(23-2)12-19(17)24-3/h4-5,7-8,11-12H,6,9-10,13H2,1-3H3. The van der Waals surface area contributed by atoms with E-state index in [9.17, 15) is 8.42 Å². The highest BCUT2D eigenvalue weighted by atomic mass is 32.2. The lowest BCUT2D eigenvalue weighted by Gasteiger charge is -2.32. The lowest BCUT2D eigenvalue weighted by Crippen LogP contribution is -2.36. The van der Waals surface area contributed by atoms with Crippen LogP contribution in [-0.2, 0) is 22.2 Å². The Hall–Kier alpha value is -2.21. The summed E-state index contributed by atoms with van der Waals surface area (Å²) in [7, 11) is -0.341. The van der Waals surface area contributed by atoms with Gasteiger partial charge in [0.05, 0.1) is 25.7 Å². The van der Waals surface area contributed by atoms with Crippen LogP contribution in [0.1, 0.15) is 23.1 Å². The Balaban J connectivity index is 2.03. The molecule has 0 spiro atoms. The Morgan fingerprint density at radius 3 is 2.56 bits per heavy atom. The normalized spacial score (nSPS) is 14.1. The summed E-state index contributed by atoms with van der Waals surface area (Å²) in [6.07, 6.45) is 1.56. The maximum Gasteiger partial charge on any atom is 0.239 e. The summed E-state index contributed by atoms with van der Waals surface area (Å²) in [5.41, 5.74) is 3.38. The van der Waals surface area contributed by atoms with Crippen LogP contribution in [0.4, 0.5) is 5.69 Å². The van der Waals surface area contributed by atoms with Crippen LogP contribution >= 0.6 is 0 Å². The molecule has 0 amide bonds. The number of fused-ring (bicyclic) bond motifs is 1. The smallest absolute Gasteiger partial charge is 0.239 e. The third-order valence-corrected chi connectivity index (χ3v) is 6.33. The summed E-state index contributed by atoms with van der Waals surface area (Å²) < 4.78 is 38.5. The van der Waals surface area contributed by atoms with E-state index in [1.165, 1.54) is 4.31 Å². The van der Waals surface area contributed by atoms with Crippen molar-refractivity contribution in [1.82, 2.24) is 0 Å². The first kappa shape index (κ1) is 17.6. The van der Waals surface area contributed by atoms with Gasteiger partial charge in [-0.2, -0.15) is 0 Å². The van der Waals surface area contributed by atoms with Crippen molar-refractivity contribution >= 4 is 15.7 Å². The molecule has 0 bridgehead atoms. The largest absolute Gasteiger partial charge is 0.497 e. The Morgan fingerprint density at radius 2 is 1.88 bits per heavy atom. The number of benzene rings is 2. The van der Waals surface area contributed by atoms with Crippen molar-refractivity contribution in [1.29, 1.82) is 0 Å². The number of anilines is 1. The summed E-state index contributed by atoms with van der Waals surface area (Å²) in [6, 6.07) is 11.2. The average molecular weight is 361 g/mol. The first-order chi connectivity index (χ1) is 12.0. The molecule has 0 saturated carbocycles. The molecule has 0 radical (unpaired) electrons. The fraction of sp³-hybridized carbons (Fsp3) is 0.368. The van der Waals surface area contributed by atoms with Crippen LogP contribution in [0.15, 0.2) is 36.4 Å². The van der Waals surface area contributed by atoms with Gasteiger partial charge in [-0.05, 0) is 30.9 Å². The molecule has 6 heteroatoms. The molecule has 1 heterocycles. The van der Waals surface area contributed by atoms with E-state index in [2.05, 4.69) is 0 Å². The van der Waals surface area contributed by atoms with Gasteiger partial charge in [-0.1, -0.05) is 24.3 Å². The van der Waals surface area contributed by atoms with E-state index in [0.29, 0.717) is 23.7 Å². The summed E-state index contributed by atoms with van der Waals surface area (Å²) in [5.74, 6) is 1.25. The zero-order valence-corrected chi connectivity index (χ0v) is 15.6. The van der Waals surface area contributed by atoms with Crippen molar-refractivity contribution < 1.29 is 17.9 Å². The van der Waals surface area contributed by atoms with E-state index < -0.39 is 10.0 Å². The molecule has 0 atom stereocenters. The summed E-state index contributed by atoms with van der Waals surface area (Å²) in [6.45, 7) is 2.40. The van der Waals surface area contributed by atoms with Gasteiger partial charge in [0.25, 0.3) is 0 Å². The van der Waals surface area contributed by atoms with Crippen molar-refractivity contribution in [3.8, 4) is 11.5 Å². The van der Waals surface area contributed by atoms with Crippen molar-refractivity contribution in [2.75, 3.05) is 25.1 Å². The Kier molecular flexibility index (Phi) is 4.90. The molecule has 25 heavy (non-hydrogen) atoms. The Morgan fingerprint density at radius 1 is 1.12 bits per heavy atom. The van der Waals surface area contributed by atoms with E-state index in [4.69, 9.17) is 9.47 Å². The molecular formula is C19H23NO4S. The van der Waals surface area contributed by atoms with Crippen molar-refractivity contribution in [3.05, 3.63) is 53.1 Å². The Labute approximate surface area is 149 Å². The predicted octanol–water partition coefficient (Wildman–Crippen LogP) is 3.29. The van der Waals surface area contributed by atoms with Gasteiger partial charge in [0.1, 0.15) is 11.5 Å². The summed E-state index contributed by atoms with van der Waals surface area (Å²) in [4.78, 5) is 0. The van der Waals surface area contributed by atoms with Gasteiger partial charge in [0.15, 0.2) is 0 Å². The maximum atomic E-state index is 13.1. The minimum Gasteiger partial charge on any atom is -0.497 e.